The molecule has 23 heavy (non-hydrogen) atoms. The van der Waals surface area contributed by atoms with E-state index in [4.69, 9.17) is 0 Å². The number of hydrogen-bond acceptors (Lipinski definition) is 1. The lowest BCUT2D eigenvalue weighted by Crippen LogP contribution is -2.35. The smallest absolute Gasteiger partial charge is 0.00218 e. The molecule has 0 aliphatic carbocycles. The molecule has 2 aromatic carbocycles. The summed E-state index contributed by atoms with van der Waals surface area (Å²) in [5.74, 6) is 0.951. The van der Waals surface area contributed by atoms with Crippen LogP contribution in [0, 0.1) is 5.92 Å². The summed E-state index contributed by atoms with van der Waals surface area (Å²) in [7, 11) is 0. The van der Waals surface area contributed by atoms with Crippen LogP contribution < -0.4 is 0 Å². The molecule has 1 aliphatic heterocycles. The van der Waals surface area contributed by atoms with Gasteiger partial charge in [0.05, 0.1) is 0 Å². The predicted molar refractivity (Wildman–Crippen MR) is 98.7 cm³/mol. The Balaban J connectivity index is 1.31. The largest absolute Gasteiger partial charge is 0.303 e. The van der Waals surface area contributed by atoms with Crippen molar-refractivity contribution in [1.82, 2.24) is 4.90 Å². The molecule has 0 aromatic heterocycles. The highest BCUT2D eigenvalue weighted by molar-refractivity contribution is 5.15. The van der Waals surface area contributed by atoms with E-state index in [9.17, 15) is 0 Å². The van der Waals surface area contributed by atoms with Crippen LogP contribution in [0.2, 0.25) is 0 Å². The summed E-state index contributed by atoms with van der Waals surface area (Å²) in [4.78, 5) is 2.65. The number of rotatable bonds is 7. The van der Waals surface area contributed by atoms with Gasteiger partial charge in [-0.05, 0) is 62.2 Å². The Morgan fingerprint density at radius 3 is 1.91 bits per heavy atom. The Morgan fingerprint density at radius 1 is 0.739 bits per heavy atom. The van der Waals surface area contributed by atoms with Crippen molar-refractivity contribution in [2.24, 2.45) is 5.92 Å². The second-order valence-electron chi connectivity index (χ2n) is 6.90. The summed E-state index contributed by atoms with van der Waals surface area (Å²) in [6.07, 6.45) is 7.97. The number of hydrogen-bond donors (Lipinski definition) is 0. The molecule has 122 valence electrons. The molecule has 1 fully saturated rings. The van der Waals surface area contributed by atoms with E-state index in [0.29, 0.717) is 0 Å². The summed E-state index contributed by atoms with van der Waals surface area (Å²) in [6.45, 7) is 3.81. The van der Waals surface area contributed by atoms with Gasteiger partial charge in [0.15, 0.2) is 0 Å². The van der Waals surface area contributed by atoms with Crippen LogP contribution in [0.5, 0.6) is 0 Å². The van der Waals surface area contributed by atoms with Crippen molar-refractivity contribution < 1.29 is 0 Å². The molecule has 0 N–H and O–H groups in total. The number of piperidine rings is 1. The molecule has 1 saturated heterocycles. The van der Waals surface area contributed by atoms with Gasteiger partial charge in [0.1, 0.15) is 0 Å². The maximum atomic E-state index is 2.65. The summed E-state index contributed by atoms with van der Waals surface area (Å²) >= 11 is 0. The zero-order valence-corrected chi connectivity index (χ0v) is 14.2. The first kappa shape index (κ1) is 16.3. The molecule has 1 heterocycles. The van der Waals surface area contributed by atoms with Crippen LogP contribution in [0.4, 0.5) is 0 Å². The molecule has 0 unspecified atom stereocenters. The normalized spacial score (nSPS) is 16.5. The van der Waals surface area contributed by atoms with Crippen molar-refractivity contribution >= 4 is 0 Å². The van der Waals surface area contributed by atoms with Gasteiger partial charge in [-0.3, -0.25) is 0 Å². The van der Waals surface area contributed by atoms with Crippen LogP contribution in [0.3, 0.4) is 0 Å². The summed E-state index contributed by atoms with van der Waals surface area (Å²) < 4.78 is 0. The molecule has 0 atom stereocenters. The van der Waals surface area contributed by atoms with Crippen LogP contribution in [-0.4, -0.2) is 24.5 Å². The van der Waals surface area contributed by atoms with E-state index in [1.54, 1.807) is 0 Å². The minimum Gasteiger partial charge on any atom is -0.303 e. The zero-order chi connectivity index (χ0) is 15.7. The van der Waals surface area contributed by atoms with Crippen molar-refractivity contribution in [2.75, 3.05) is 19.6 Å². The molecule has 0 spiro atoms. The molecule has 0 amide bonds. The fraction of sp³-hybridized carbons (Fsp3) is 0.455. The van der Waals surface area contributed by atoms with E-state index in [0.717, 1.165) is 5.92 Å². The van der Waals surface area contributed by atoms with Gasteiger partial charge in [-0.15, -0.1) is 0 Å². The monoisotopic (exact) mass is 307 g/mol. The van der Waals surface area contributed by atoms with Crippen LogP contribution in [0.1, 0.15) is 36.8 Å². The standard InChI is InChI=1S/C22H29N/c1-3-8-20(9-4-1)12-7-13-22-15-18-23(19-16-22)17-14-21-10-5-2-6-11-21/h1-6,8-11,22H,7,12-19H2. The summed E-state index contributed by atoms with van der Waals surface area (Å²) in [5, 5.41) is 0. The van der Waals surface area contributed by atoms with Gasteiger partial charge < -0.3 is 4.90 Å². The van der Waals surface area contributed by atoms with E-state index in [1.807, 2.05) is 0 Å². The molecular formula is C22H29N. The number of aryl methyl sites for hydroxylation is 1. The number of nitrogens with zero attached hydrogens (tertiary/aromatic N) is 1. The Hall–Kier alpha value is -1.60. The molecule has 0 bridgehead atoms. The van der Waals surface area contributed by atoms with Crippen LogP contribution in [-0.2, 0) is 12.8 Å². The van der Waals surface area contributed by atoms with E-state index in [1.165, 1.54) is 69.3 Å². The van der Waals surface area contributed by atoms with Crippen LogP contribution in [0.15, 0.2) is 60.7 Å². The van der Waals surface area contributed by atoms with Crippen molar-refractivity contribution in [1.29, 1.82) is 0 Å². The lowest BCUT2D eigenvalue weighted by Gasteiger charge is -2.32. The van der Waals surface area contributed by atoms with Crippen molar-refractivity contribution in [2.45, 2.75) is 38.5 Å². The molecule has 0 radical (unpaired) electrons. The van der Waals surface area contributed by atoms with Gasteiger partial charge >= 0.3 is 0 Å². The van der Waals surface area contributed by atoms with Gasteiger partial charge in [-0.1, -0.05) is 67.1 Å². The van der Waals surface area contributed by atoms with Gasteiger partial charge in [0, 0.05) is 6.54 Å². The van der Waals surface area contributed by atoms with Crippen molar-refractivity contribution in [3.63, 3.8) is 0 Å². The maximum absolute atomic E-state index is 2.65. The number of likely N-dealkylation sites (tertiary alicyclic amines) is 1. The van der Waals surface area contributed by atoms with Crippen molar-refractivity contribution in [3.8, 4) is 0 Å². The minimum atomic E-state index is 0.951. The molecule has 1 heteroatoms. The van der Waals surface area contributed by atoms with Gasteiger partial charge in [-0.25, -0.2) is 0 Å². The third-order valence-corrected chi connectivity index (χ3v) is 5.19. The molecular weight excluding hydrogens is 278 g/mol. The molecule has 0 saturated carbocycles. The van der Waals surface area contributed by atoms with Gasteiger partial charge in [0.25, 0.3) is 0 Å². The second-order valence-corrected chi connectivity index (χ2v) is 6.90. The van der Waals surface area contributed by atoms with E-state index in [2.05, 4.69) is 65.6 Å². The fourth-order valence-electron chi connectivity index (χ4n) is 3.67. The summed E-state index contributed by atoms with van der Waals surface area (Å²) in [6, 6.07) is 21.8. The maximum Gasteiger partial charge on any atom is 0.00218 e. The number of benzene rings is 2. The third kappa shape index (κ3) is 5.51. The third-order valence-electron chi connectivity index (χ3n) is 5.19. The first-order valence-electron chi connectivity index (χ1n) is 9.20. The Bertz CT molecular complexity index is 541. The highest BCUT2D eigenvalue weighted by Crippen LogP contribution is 2.23. The van der Waals surface area contributed by atoms with Gasteiger partial charge in [0.2, 0.25) is 0 Å². The first-order chi connectivity index (χ1) is 11.4. The van der Waals surface area contributed by atoms with E-state index < -0.39 is 0 Å². The van der Waals surface area contributed by atoms with Gasteiger partial charge in [-0.2, -0.15) is 0 Å². The zero-order valence-electron chi connectivity index (χ0n) is 14.2. The molecule has 3 rings (SSSR count). The SMILES string of the molecule is c1ccc(CCCC2CCN(CCc3ccccc3)CC2)cc1. The fourth-order valence-corrected chi connectivity index (χ4v) is 3.67. The highest BCUT2D eigenvalue weighted by atomic mass is 15.1. The quantitative estimate of drug-likeness (QED) is 0.698. The van der Waals surface area contributed by atoms with Crippen molar-refractivity contribution in [3.05, 3.63) is 71.8 Å². The molecule has 2 aromatic rings. The highest BCUT2D eigenvalue weighted by Gasteiger charge is 2.18. The average molecular weight is 307 g/mol. The lowest BCUT2D eigenvalue weighted by atomic mass is 9.90. The topological polar surface area (TPSA) is 3.24 Å². The average Bonchev–Trinajstić information content (AvgIpc) is 2.63. The molecule has 1 nitrogen and oxygen atoms in total. The summed E-state index contributed by atoms with van der Waals surface area (Å²) in [5.41, 5.74) is 2.96. The Kier molecular flexibility index (Phi) is 6.28. The minimum absolute atomic E-state index is 0.951. The molecule has 1 aliphatic rings. The van der Waals surface area contributed by atoms with Crippen LogP contribution in [0.25, 0.3) is 0 Å². The van der Waals surface area contributed by atoms with E-state index >= 15 is 0 Å². The first-order valence-corrected chi connectivity index (χ1v) is 9.20. The Labute approximate surface area is 141 Å². The Morgan fingerprint density at radius 2 is 1.30 bits per heavy atom. The van der Waals surface area contributed by atoms with E-state index in [-0.39, 0.29) is 0 Å². The lowest BCUT2D eigenvalue weighted by molar-refractivity contribution is 0.179. The second kappa shape index (κ2) is 8.88. The van der Waals surface area contributed by atoms with Crippen LogP contribution >= 0.6 is 0 Å². The predicted octanol–water partition coefficient (Wildman–Crippen LogP) is 4.96.